The van der Waals surface area contributed by atoms with E-state index < -0.39 is 31.4 Å². The van der Waals surface area contributed by atoms with Crippen LogP contribution < -0.4 is 11.0 Å². The van der Waals surface area contributed by atoms with E-state index in [1.54, 1.807) is 62.5 Å². The number of aromatic amines is 1. The lowest BCUT2D eigenvalue weighted by Crippen LogP contribution is -2.42. The van der Waals surface area contributed by atoms with Crippen LogP contribution in [0.3, 0.4) is 0 Å². The highest BCUT2D eigenvalue weighted by molar-refractivity contribution is 7.55. The number of benzene rings is 1. The van der Waals surface area contributed by atoms with Crippen molar-refractivity contribution in [3.05, 3.63) is 100 Å². The van der Waals surface area contributed by atoms with Gasteiger partial charge in [-0.25, -0.2) is 19.2 Å². The fourth-order valence-electron chi connectivity index (χ4n) is 3.63. The van der Waals surface area contributed by atoms with Gasteiger partial charge in [0, 0.05) is 6.20 Å². The molecule has 1 unspecified atom stereocenters. The first kappa shape index (κ1) is 36.4. The Labute approximate surface area is 259 Å². The molecule has 0 bridgehead atoms. The minimum atomic E-state index is -3.94. The molecule has 14 nitrogen and oxygen atoms in total. The largest absolute Gasteiger partial charge is 0.467 e. The number of nitrogens with one attached hydrogen (secondary N) is 2. The minimum absolute atomic E-state index is 0.00582. The van der Waals surface area contributed by atoms with E-state index in [2.05, 4.69) is 19.8 Å². The van der Waals surface area contributed by atoms with Gasteiger partial charge in [0.25, 0.3) is 0 Å². The van der Waals surface area contributed by atoms with Crippen LogP contribution in [0.15, 0.2) is 83.3 Å². The summed E-state index contributed by atoms with van der Waals surface area (Å²) in [6, 6.07) is 14.0. The monoisotopic (exact) mass is 645 g/mol. The SMILES string of the molecule is CCOP(=O)(OCC)C(NC(=O)OCc1ccccc1)C(=O)OC.COC(=O)c1cc2cccn2c(=O)[nH]1.O=CC1=CC=CC1. The van der Waals surface area contributed by atoms with Crippen LogP contribution in [0.5, 0.6) is 0 Å². The number of allylic oxidation sites excluding steroid dienone is 4. The second-order valence-electron chi connectivity index (χ2n) is 8.78. The summed E-state index contributed by atoms with van der Waals surface area (Å²) in [5.41, 5.74) is 2.10. The zero-order valence-corrected chi connectivity index (χ0v) is 26.2. The molecule has 45 heavy (non-hydrogen) atoms. The fourth-order valence-corrected chi connectivity index (χ4v) is 5.35. The molecule has 0 radical (unpaired) electrons. The summed E-state index contributed by atoms with van der Waals surface area (Å²) in [6.07, 6.45) is 8.08. The smallest absolute Gasteiger partial charge is 0.408 e. The number of carbonyl (C=O) groups excluding carboxylic acids is 4. The summed E-state index contributed by atoms with van der Waals surface area (Å²) in [7, 11) is -1.57. The highest BCUT2D eigenvalue weighted by Gasteiger charge is 2.43. The molecule has 3 aromatic rings. The number of alkyl carbamates (subject to hydrolysis) is 1. The number of methoxy groups -OCH3 is 2. The van der Waals surface area contributed by atoms with Crippen molar-refractivity contribution in [2.75, 3.05) is 27.4 Å². The number of hydrogen-bond acceptors (Lipinski definition) is 11. The van der Waals surface area contributed by atoms with Crippen molar-refractivity contribution < 1.29 is 47.0 Å². The van der Waals surface area contributed by atoms with Crippen LogP contribution in [0.1, 0.15) is 36.3 Å². The average Bonchev–Trinajstić information content (AvgIpc) is 3.76. The van der Waals surface area contributed by atoms with E-state index >= 15 is 0 Å². The maximum absolute atomic E-state index is 12.7. The van der Waals surface area contributed by atoms with Crippen LogP contribution >= 0.6 is 7.60 Å². The first-order valence-corrected chi connectivity index (χ1v) is 15.3. The Balaban J connectivity index is 0.000000278. The third-order valence-corrected chi connectivity index (χ3v) is 7.92. The zero-order valence-electron chi connectivity index (χ0n) is 25.3. The molecule has 1 aliphatic carbocycles. The predicted molar refractivity (Wildman–Crippen MR) is 164 cm³/mol. The highest BCUT2D eigenvalue weighted by Crippen LogP contribution is 2.52. The molecule has 0 aliphatic heterocycles. The van der Waals surface area contributed by atoms with E-state index in [0.29, 0.717) is 5.52 Å². The molecule has 1 amide bonds. The number of hydrogen-bond donors (Lipinski definition) is 2. The topological polar surface area (TPSA) is 181 Å². The molecule has 1 aliphatic rings. The van der Waals surface area contributed by atoms with E-state index in [1.165, 1.54) is 11.5 Å². The van der Waals surface area contributed by atoms with Gasteiger partial charge in [-0.2, -0.15) is 0 Å². The van der Waals surface area contributed by atoms with E-state index in [-0.39, 0.29) is 31.2 Å². The lowest BCUT2D eigenvalue weighted by atomic mass is 10.2. The summed E-state index contributed by atoms with van der Waals surface area (Å²) in [6.45, 7) is 3.24. The molecule has 1 aromatic carbocycles. The van der Waals surface area contributed by atoms with Crippen LogP contribution in [0.4, 0.5) is 4.79 Å². The molecule has 0 saturated carbocycles. The second-order valence-corrected chi connectivity index (χ2v) is 10.9. The molecule has 2 heterocycles. The van der Waals surface area contributed by atoms with Crippen LogP contribution in [-0.2, 0) is 44.0 Å². The number of nitrogens with zero attached hydrogens (tertiary/aromatic N) is 1. The maximum Gasteiger partial charge on any atom is 0.408 e. The fraction of sp³-hybridized carbons (Fsp3) is 0.300. The molecule has 0 spiro atoms. The van der Waals surface area contributed by atoms with Crippen molar-refractivity contribution in [1.82, 2.24) is 14.7 Å². The summed E-state index contributed by atoms with van der Waals surface area (Å²) in [4.78, 5) is 58.7. The maximum atomic E-state index is 12.7. The van der Waals surface area contributed by atoms with Crippen molar-refractivity contribution in [3.8, 4) is 0 Å². The van der Waals surface area contributed by atoms with Gasteiger partial charge >= 0.3 is 31.3 Å². The van der Waals surface area contributed by atoms with Crippen molar-refractivity contribution in [1.29, 1.82) is 0 Å². The summed E-state index contributed by atoms with van der Waals surface area (Å²) >= 11 is 0. The standard InChI is InChI=1S/C15H22NO7P.C9H8N2O3.C6H6O/c1-4-22-24(19,23-5-2)13(14(17)20-3)16-15(18)21-11-12-9-7-6-8-10-12;1-14-8(12)7-5-6-3-2-4-11(6)9(13)10-7;7-5-6-3-1-2-4-6/h6-10,13H,4-5,11H2,1-3H3,(H,16,18);2-5H,1H3,(H,10,13);1-3,5H,4H2. The molecule has 1 atom stereocenters. The third-order valence-electron chi connectivity index (χ3n) is 5.72. The normalized spacial score (nSPS) is 12.4. The molecule has 2 N–H and O–H groups in total. The molecular weight excluding hydrogens is 609 g/mol. The Morgan fingerprint density at radius 3 is 2.27 bits per heavy atom. The van der Waals surface area contributed by atoms with Crippen molar-refractivity contribution in [2.45, 2.75) is 32.7 Å². The molecule has 242 valence electrons. The Hall–Kier alpha value is -4.78. The lowest BCUT2D eigenvalue weighted by Gasteiger charge is -2.24. The summed E-state index contributed by atoms with van der Waals surface area (Å²) in [5, 5.41) is 2.20. The minimum Gasteiger partial charge on any atom is -0.467 e. The van der Waals surface area contributed by atoms with Gasteiger partial charge in [0.1, 0.15) is 18.6 Å². The van der Waals surface area contributed by atoms with E-state index in [4.69, 9.17) is 13.8 Å². The van der Waals surface area contributed by atoms with E-state index in [0.717, 1.165) is 31.0 Å². The number of aromatic nitrogens is 2. The Kier molecular flexibility index (Phi) is 15.2. The number of esters is 2. The van der Waals surface area contributed by atoms with Gasteiger partial charge in [-0.15, -0.1) is 0 Å². The molecule has 0 fully saturated rings. The third kappa shape index (κ3) is 11.3. The predicted octanol–water partition coefficient (Wildman–Crippen LogP) is 4.16. The number of aldehydes is 1. The molecule has 15 heteroatoms. The second kappa shape index (κ2) is 18.8. The van der Waals surface area contributed by atoms with Crippen LogP contribution in [0, 0.1) is 0 Å². The number of ether oxygens (including phenoxy) is 3. The van der Waals surface area contributed by atoms with Gasteiger partial charge in [-0.1, -0.05) is 48.6 Å². The van der Waals surface area contributed by atoms with Crippen molar-refractivity contribution in [3.63, 3.8) is 0 Å². The van der Waals surface area contributed by atoms with Gasteiger partial charge in [0.05, 0.1) is 33.0 Å². The number of rotatable bonds is 11. The first-order valence-electron chi connectivity index (χ1n) is 13.7. The van der Waals surface area contributed by atoms with Crippen LogP contribution in [0.25, 0.3) is 5.52 Å². The molecule has 2 aromatic heterocycles. The summed E-state index contributed by atoms with van der Waals surface area (Å²) in [5.74, 6) is -3.10. The van der Waals surface area contributed by atoms with Crippen molar-refractivity contribution >= 4 is 37.4 Å². The van der Waals surface area contributed by atoms with Crippen LogP contribution in [-0.4, -0.2) is 66.9 Å². The molecule has 4 rings (SSSR count). The van der Waals surface area contributed by atoms with Gasteiger partial charge in [0.15, 0.2) is 0 Å². The number of H-pyrrole nitrogens is 1. The molecular formula is C30H36N3O11P. The Bertz CT molecular complexity index is 1590. The molecule has 0 saturated heterocycles. The quantitative estimate of drug-likeness (QED) is 0.132. The summed E-state index contributed by atoms with van der Waals surface area (Å²) < 4.78 is 38.4. The number of amides is 1. The first-order chi connectivity index (χ1) is 21.6. The average molecular weight is 646 g/mol. The van der Waals surface area contributed by atoms with Gasteiger partial charge in [-0.05, 0) is 49.6 Å². The van der Waals surface area contributed by atoms with Crippen LogP contribution in [0.2, 0.25) is 0 Å². The van der Waals surface area contributed by atoms with E-state index in [9.17, 15) is 28.5 Å². The van der Waals surface area contributed by atoms with Gasteiger partial charge < -0.3 is 28.2 Å². The van der Waals surface area contributed by atoms with E-state index in [1.807, 2.05) is 24.3 Å². The Morgan fingerprint density at radius 1 is 1.04 bits per heavy atom. The highest BCUT2D eigenvalue weighted by atomic mass is 31.2. The van der Waals surface area contributed by atoms with Gasteiger partial charge in [0.2, 0.25) is 5.78 Å². The zero-order chi connectivity index (χ0) is 33.2. The van der Waals surface area contributed by atoms with Crippen molar-refractivity contribution in [2.24, 2.45) is 0 Å². The Morgan fingerprint density at radius 2 is 1.73 bits per heavy atom. The number of fused-ring (bicyclic) bond motifs is 1. The lowest BCUT2D eigenvalue weighted by molar-refractivity contribution is -0.141. The number of carbonyl (C=O) groups is 4. The van der Waals surface area contributed by atoms with Gasteiger partial charge in [-0.3, -0.25) is 19.1 Å².